The van der Waals surface area contributed by atoms with Gasteiger partial charge in [0.05, 0.1) is 17.7 Å². The number of nitrogens with zero attached hydrogens (tertiary/aromatic N) is 4. The van der Waals surface area contributed by atoms with Crippen LogP contribution in [0.3, 0.4) is 0 Å². The first kappa shape index (κ1) is 11.2. The Kier molecular flexibility index (Phi) is 2.60. The van der Waals surface area contributed by atoms with E-state index in [0.29, 0.717) is 18.0 Å². The number of hydrogen-bond donors (Lipinski definition) is 1. The monoisotopic (exact) mass is 231 g/mol. The van der Waals surface area contributed by atoms with Crippen molar-refractivity contribution in [3.05, 3.63) is 18.3 Å². The molecular formula is C11H13N5O. The van der Waals surface area contributed by atoms with Crippen LogP contribution in [0.15, 0.2) is 18.3 Å². The zero-order chi connectivity index (χ0) is 12.5. The van der Waals surface area contributed by atoms with Gasteiger partial charge in [0, 0.05) is 0 Å². The molecule has 0 atom stereocenters. The highest BCUT2D eigenvalue weighted by Crippen LogP contribution is 2.18. The lowest BCUT2D eigenvalue weighted by molar-refractivity contribution is 0.226. The fourth-order valence-corrected chi connectivity index (χ4v) is 1.26. The van der Waals surface area contributed by atoms with Crippen LogP contribution in [0.4, 0.5) is 5.95 Å². The fourth-order valence-electron chi connectivity index (χ4n) is 1.26. The molecule has 0 unspecified atom stereocenters. The average Bonchev–Trinajstić information content (AvgIpc) is 2.66. The molecule has 0 aliphatic heterocycles. The first-order chi connectivity index (χ1) is 8.00. The molecule has 2 aromatic heterocycles. The molecule has 0 aliphatic rings. The van der Waals surface area contributed by atoms with E-state index in [2.05, 4.69) is 16.2 Å². The lowest BCUT2D eigenvalue weighted by Gasteiger charge is -2.15. The molecule has 0 saturated heterocycles. The summed E-state index contributed by atoms with van der Waals surface area (Å²) >= 11 is 0. The normalized spacial score (nSPS) is 11.4. The number of anilines is 1. The van der Waals surface area contributed by atoms with Crippen molar-refractivity contribution in [2.45, 2.75) is 13.8 Å². The maximum atomic E-state index is 8.87. The van der Waals surface area contributed by atoms with Crippen LogP contribution in [0.5, 0.6) is 5.75 Å². The fraction of sp³-hybridized carbons (Fsp3) is 0.364. The van der Waals surface area contributed by atoms with E-state index in [9.17, 15) is 0 Å². The molecule has 0 saturated carbocycles. The van der Waals surface area contributed by atoms with Gasteiger partial charge in [-0.3, -0.25) is 0 Å². The van der Waals surface area contributed by atoms with E-state index in [1.807, 2.05) is 13.8 Å². The van der Waals surface area contributed by atoms with Gasteiger partial charge in [-0.2, -0.15) is 10.2 Å². The van der Waals surface area contributed by atoms with Gasteiger partial charge in [-0.05, 0) is 26.0 Å². The summed E-state index contributed by atoms with van der Waals surface area (Å²) < 4.78 is 7.07. The van der Waals surface area contributed by atoms with Gasteiger partial charge in [0.25, 0.3) is 0 Å². The zero-order valence-corrected chi connectivity index (χ0v) is 9.71. The van der Waals surface area contributed by atoms with E-state index in [1.165, 1.54) is 0 Å². The highest BCUT2D eigenvalue weighted by Gasteiger charge is 2.17. The Morgan fingerprint density at radius 3 is 3.00 bits per heavy atom. The molecule has 0 spiro atoms. The Labute approximate surface area is 98.6 Å². The number of ether oxygens (including phenoxy) is 1. The first-order valence-electron chi connectivity index (χ1n) is 5.16. The molecule has 2 heterocycles. The van der Waals surface area contributed by atoms with Gasteiger partial charge in [0.1, 0.15) is 12.4 Å². The van der Waals surface area contributed by atoms with Crippen LogP contribution in [0.2, 0.25) is 0 Å². The van der Waals surface area contributed by atoms with Crippen molar-refractivity contribution in [1.82, 2.24) is 14.6 Å². The number of fused-ring (bicyclic) bond motifs is 1. The second-order valence-corrected chi connectivity index (χ2v) is 4.42. The number of nitriles is 1. The lowest BCUT2D eigenvalue weighted by atomic mass is 9.98. The van der Waals surface area contributed by atoms with Gasteiger partial charge >= 0.3 is 0 Å². The minimum absolute atomic E-state index is 0.222. The molecule has 17 heavy (non-hydrogen) atoms. The largest absolute Gasteiger partial charge is 0.490 e. The predicted molar refractivity (Wildman–Crippen MR) is 62.3 cm³/mol. The molecule has 0 radical (unpaired) electrons. The van der Waals surface area contributed by atoms with Crippen LogP contribution in [-0.4, -0.2) is 21.2 Å². The Hall–Kier alpha value is -2.29. The van der Waals surface area contributed by atoms with Gasteiger partial charge < -0.3 is 10.5 Å². The quantitative estimate of drug-likeness (QED) is 0.858. The second-order valence-electron chi connectivity index (χ2n) is 4.42. The minimum Gasteiger partial charge on any atom is -0.490 e. The lowest BCUT2D eigenvalue weighted by Crippen LogP contribution is -2.19. The van der Waals surface area contributed by atoms with E-state index >= 15 is 0 Å². The Morgan fingerprint density at radius 1 is 1.53 bits per heavy atom. The predicted octanol–water partition coefficient (Wildman–Crippen LogP) is 1.24. The molecule has 0 amide bonds. The topological polar surface area (TPSA) is 89.2 Å². The molecule has 2 N–H and O–H groups in total. The number of hydrogen-bond acceptors (Lipinski definition) is 5. The maximum absolute atomic E-state index is 8.87. The molecule has 88 valence electrons. The summed E-state index contributed by atoms with van der Waals surface area (Å²) in [7, 11) is 0. The molecule has 6 heteroatoms. The van der Waals surface area contributed by atoms with Gasteiger partial charge in [-0.1, -0.05) is 0 Å². The first-order valence-corrected chi connectivity index (χ1v) is 5.16. The van der Waals surface area contributed by atoms with Crippen LogP contribution < -0.4 is 10.5 Å². The van der Waals surface area contributed by atoms with Crippen LogP contribution >= 0.6 is 0 Å². The maximum Gasteiger partial charge on any atom is 0.240 e. The SMILES string of the molecule is CC(C)(C#N)COc1ccc2nc(N)nn2c1. The molecular weight excluding hydrogens is 218 g/mol. The van der Waals surface area contributed by atoms with Gasteiger partial charge in [-0.25, -0.2) is 4.52 Å². The zero-order valence-electron chi connectivity index (χ0n) is 9.71. The number of pyridine rings is 1. The van der Waals surface area contributed by atoms with Crippen LogP contribution in [-0.2, 0) is 0 Å². The van der Waals surface area contributed by atoms with E-state index < -0.39 is 5.41 Å². The van der Waals surface area contributed by atoms with Crippen molar-refractivity contribution >= 4 is 11.6 Å². The van der Waals surface area contributed by atoms with Gasteiger partial charge in [0.2, 0.25) is 5.95 Å². The van der Waals surface area contributed by atoms with Crippen molar-refractivity contribution in [2.75, 3.05) is 12.3 Å². The third kappa shape index (κ3) is 2.45. The standard InChI is InChI=1S/C11H13N5O/c1-11(2,6-12)7-17-8-3-4-9-14-10(13)15-16(9)5-8/h3-5H,7H2,1-2H3,(H2,13,15). The van der Waals surface area contributed by atoms with Crippen molar-refractivity contribution < 1.29 is 4.74 Å². The number of rotatable bonds is 3. The molecule has 2 rings (SSSR count). The van der Waals surface area contributed by atoms with Gasteiger partial charge in [0.15, 0.2) is 5.65 Å². The second kappa shape index (κ2) is 3.94. The van der Waals surface area contributed by atoms with E-state index in [4.69, 9.17) is 15.7 Å². The summed E-state index contributed by atoms with van der Waals surface area (Å²) in [5, 5.41) is 12.8. The van der Waals surface area contributed by atoms with Crippen molar-refractivity contribution in [3.8, 4) is 11.8 Å². The third-order valence-electron chi connectivity index (χ3n) is 2.22. The van der Waals surface area contributed by atoms with Crippen molar-refractivity contribution in [3.63, 3.8) is 0 Å². The molecule has 2 aromatic rings. The Bertz CT molecular complexity index is 581. The smallest absolute Gasteiger partial charge is 0.240 e. The Morgan fingerprint density at radius 2 is 2.29 bits per heavy atom. The van der Waals surface area contributed by atoms with E-state index in [0.717, 1.165) is 0 Å². The Balaban J connectivity index is 2.17. The van der Waals surface area contributed by atoms with Crippen LogP contribution in [0.25, 0.3) is 5.65 Å². The molecule has 6 nitrogen and oxygen atoms in total. The van der Waals surface area contributed by atoms with Crippen molar-refractivity contribution in [1.29, 1.82) is 5.26 Å². The summed E-state index contributed by atoms with van der Waals surface area (Å²) in [5.41, 5.74) is 5.62. The van der Waals surface area contributed by atoms with Crippen molar-refractivity contribution in [2.24, 2.45) is 5.41 Å². The van der Waals surface area contributed by atoms with E-state index in [1.54, 1.807) is 22.8 Å². The highest BCUT2D eigenvalue weighted by molar-refractivity contribution is 5.43. The molecule has 0 fully saturated rings. The molecule has 0 bridgehead atoms. The number of nitrogen functional groups attached to an aromatic ring is 1. The molecule has 0 aromatic carbocycles. The van der Waals surface area contributed by atoms with Crippen LogP contribution in [0, 0.1) is 16.7 Å². The summed E-state index contributed by atoms with van der Waals surface area (Å²) in [6, 6.07) is 5.71. The summed E-state index contributed by atoms with van der Waals surface area (Å²) in [4.78, 5) is 4.00. The number of nitrogens with two attached hydrogens (primary N) is 1. The molecule has 0 aliphatic carbocycles. The van der Waals surface area contributed by atoms with Crippen LogP contribution in [0.1, 0.15) is 13.8 Å². The highest BCUT2D eigenvalue weighted by atomic mass is 16.5. The van der Waals surface area contributed by atoms with E-state index in [-0.39, 0.29) is 5.95 Å². The average molecular weight is 231 g/mol. The summed E-state index contributed by atoms with van der Waals surface area (Å²) in [6.07, 6.45) is 1.69. The van der Waals surface area contributed by atoms with Gasteiger partial charge in [-0.15, -0.1) is 5.10 Å². The third-order valence-corrected chi connectivity index (χ3v) is 2.22. The summed E-state index contributed by atoms with van der Waals surface area (Å²) in [5.74, 6) is 0.852. The summed E-state index contributed by atoms with van der Waals surface area (Å²) in [6.45, 7) is 3.96. The minimum atomic E-state index is -0.518. The number of aromatic nitrogens is 3.